The lowest BCUT2D eigenvalue weighted by atomic mass is 10.1. The first-order valence-electron chi connectivity index (χ1n) is 9.10. The van der Waals surface area contributed by atoms with Crippen molar-refractivity contribution in [3.63, 3.8) is 0 Å². The predicted octanol–water partition coefficient (Wildman–Crippen LogP) is 4.40. The van der Waals surface area contributed by atoms with Crippen molar-refractivity contribution in [2.75, 3.05) is 10.6 Å². The van der Waals surface area contributed by atoms with E-state index < -0.39 is 0 Å². The molecule has 4 rings (SSSR count). The summed E-state index contributed by atoms with van der Waals surface area (Å²) < 4.78 is 7.08. The first-order chi connectivity index (χ1) is 14.3. The molecule has 0 radical (unpaired) electrons. The Hall–Kier alpha value is -3.65. The number of fused-ring (bicyclic) bond motifs is 1. The third-order valence-corrected chi connectivity index (χ3v) is 4.76. The van der Waals surface area contributed by atoms with Crippen LogP contribution >= 0.6 is 11.6 Å². The van der Waals surface area contributed by atoms with E-state index in [1.165, 1.54) is 6.92 Å². The Morgan fingerprint density at radius 3 is 2.63 bits per heavy atom. The first kappa shape index (κ1) is 19.7. The van der Waals surface area contributed by atoms with Crippen molar-refractivity contribution in [2.45, 2.75) is 13.8 Å². The number of halogens is 1. The Bertz CT molecular complexity index is 1280. The molecule has 4 aromatic rings. The Morgan fingerprint density at radius 1 is 1.13 bits per heavy atom. The van der Waals surface area contributed by atoms with Crippen molar-refractivity contribution in [1.29, 1.82) is 0 Å². The molecule has 2 N–H and O–H groups in total. The first-order valence-corrected chi connectivity index (χ1v) is 9.48. The topological polar surface area (TPSA) is 102 Å². The molecule has 2 amide bonds. The van der Waals surface area contributed by atoms with Gasteiger partial charge in [0.25, 0.3) is 5.91 Å². The number of hydrogen-bond acceptors (Lipinski definition) is 5. The predicted molar refractivity (Wildman–Crippen MR) is 115 cm³/mol. The zero-order valence-electron chi connectivity index (χ0n) is 16.5. The van der Waals surface area contributed by atoms with Crippen molar-refractivity contribution >= 4 is 45.8 Å². The van der Waals surface area contributed by atoms with E-state index in [1.807, 2.05) is 6.92 Å². The van der Waals surface area contributed by atoms with Gasteiger partial charge in [-0.2, -0.15) is 5.10 Å². The molecule has 8 nitrogen and oxygen atoms in total. The summed E-state index contributed by atoms with van der Waals surface area (Å²) in [6.07, 6.45) is 1.54. The van der Waals surface area contributed by atoms with Crippen LogP contribution in [0.2, 0.25) is 5.02 Å². The number of aromatic nitrogens is 3. The minimum absolute atomic E-state index is 0.262. The van der Waals surface area contributed by atoms with Crippen LogP contribution in [0.5, 0.6) is 0 Å². The van der Waals surface area contributed by atoms with Crippen molar-refractivity contribution < 1.29 is 14.0 Å². The zero-order chi connectivity index (χ0) is 21.4. The van der Waals surface area contributed by atoms with Crippen LogP contribution in [0.25, 0.3) is 22.5 Å². The third-order valence-electron chi connectivity index (χ3n) is 4.53. The summed E-state index contributed by atoms with van der Waals surface area (Å²) in [5, 5.41) is 11.0. The van der Waals surface area contributed by atoms with E-state index in [9.17, 15) is 9.59 Å². The van der Waals surface area contributed by atoms with Gasteiger partial charge in [0.1, 0.15) is 5.69 Å². The number of furan rings is 1. The largest absolute Gasteiger partial charge is 0.463 e. The van der Waals surface area contributed by atoms with E-state index in [1.54, 1.807) is 54.4 Å². The normalized spacial score (nSPS) is 10.9. The van der Waals surface area contributed by atoms with Gasteiger partial charge in [0.2, 0.25) is 5.91 Å². The van der Waals surface area contributed by atoms with Gasteiger partial charge in [-0.1, -0.05) is 11.6 Å². The van der Waals surface area contributed by atoms with Crippen molar-refractivity contribution in [1.82, 2.24) is 14.8 Å². The van der Waals surface area contributed by atoms with Crippen LogP contribution in [0.15, 0.2) is 47.1 Å². The number of benzene rings is 1. The summed E-state index contributed by atoms with van der Waals surface area (Å²) >= 11 is 6.10. The van der Waals surface area contributed by atoms with E-state index in [-0.39, 0.29) is 11.8 Å². The number of carbonyl (C=O) groups excluding carboxylic acids is 2. The lowest BCUT2D eigenvalue weighted by Gasteiger charge is -2.13. The molecule has 3 aromatic heterocycles. The fourth-order valence-corrected chi connectivity index (χ4v) is 3.45. The maximum atomic E-state index is 13.3. The van der Waals surface area contributed by atoms with Gasteiger partial charge in [-0.25, -0.2) is 4.98 Å². The van der Waals surface area contributed by atoms with E-state index in [2.05, 4.69) is 20.7 Å². The number of rotatable bonds is 4. The Labute approximate surface area is 176 Å². The summed E-state index contributed by atoms with van der Waals surface area (Å²) in [5.41, 5.74) is 2.94. The molecule has 3 heterocycles. The molecule has 0 aliphatic carbocycles. The highest BCUT2D eigenvalue weighted by Crippen LogP contribution is 2.30. The van der Waals surface area contributed by atoms with Crippen molar-refractivity contribution in [3.05, 3.63) is 58.9 Å². The minimum Gasteiger partial charge on any atom is -0.463 e. The van der Waals surface area contributed by atoms with E-state index in [0.717, 1.165) is 0 Å². The van der Waals surface area contributed by atoms with Gasteiger partial charge in [0.15, 0.2) is 11.4 Å². The van der Waals surface area contributed by atoms with Gasteiger partial charge in [-0.3, -0.25) is 14.3 Å². The van der Waals surface area contributed by atoms with Gasteiger partial charge in [-0.15, -0.1) is 0 Å². The fourth-order valence-electron chi connectivity index (χ4n) is 3.28. The van der Waals surface area contributed by atoms with Crippen LogP contribution in [0.4, 0.5) is 11.4 Å². The Balaban J connectivity index is 1.82. The maximum Gasteiger partial charge on any atom is 0.256 e. The maximum absolute atomic E-state index is 13.3. The van der Waals surface area contributed by atoms with E-state index >= 15 is 0 Å². The molecule has 0 fully saturated rings. The van der Waals surface area contributed by atoms with Crippen LogP contribution in [-0.4, -0.2) is 26.6 Å². The standard InChI is InChI=1S/C21H18ClN5O3/c1-11-19-14(10-17(18-5-4-8-30-18)24-20(19)27(3)26-11)21(29)25-16-9-13(22)6-7-15(16)23-12(2)28/h4-10H,1-3H3,(H,23,28)(H,25,29). The van der Waals surface area contributed by atoms with Gasteiger partial charge < -0.3 is 15.1 Å². The molecule has 0 aliphatic heterocycles. The van der Waals surface area contributed by atoms with Crippen LogP contribution in [-0.2, 0) is 11.8 Å². The van der Waals surface area contributed by atoms with Crippen LogP contribution in [0.1, 0.15) is 23.0 Å². The fraction of sp³-hybridized carbons (Fsp3) is 0.143. The molecule has 0 saturated heterocycles. The van der Waals surface area contributed by atoms with Crippen LogP contribution in [0, 0.1) is 6.92 Å². The summed E-state index contributed by atoms with van der Waals surface area (Å²) in [6.45, 7) is 3.21. The number of hydrogen-bond donors (Lipinski definition) is 2. The molecule has 0 saturated carbocycles. The van der Waals surface area contributed by atoms with Gasteiger partial charge in [0, 0.05) is 19.0 Å². The molecule has 0 unspecified atom stereocenters. The van der Waals surface area contributed by atoms with E-state index in [4.69, 9.17) is 16.0 Å². The molecule has 0 atom stereocenters. The Morgan fingerprint density at radius 2 is 1.93 bits per heavy atom. The van der Waals surface area contributed by atoms with Crippen molar-refractivity contribution in [3.8, 4) is 11.5 Å². The Kier molecular flexibility index (Phi) is 5.01. The highest BCUT2D eigenvalue weighted by molar-refractivity contribution is 6.31. The number of anilines is 2. The molecule has 0 bridgehead atoms. The summed E-state index contributed by atoms with van der Waals surface area (Å²) in [6, 6.07) is 10.0. The molecule has 0 aliphatic rings. The monoisotopic (exact) mass is 423 g/mol. The minimum atomic E-state index is -0.389. The molecule has 152 valence electrons. The highest BCUT2D eigenvalue weighted by Gasteiger charge is 2.21. The molecule has 9 heteroatoms. The van der Waals surface area contributed by atoms with E-state index in [0.29, 0.717) is 50.1 Å². The lowest BCUT2D eigenvalue weighted by Crippen LogP contribution is -2.16. The molecular weight excluding hydrogens is 406 g/mol. The second kappa shape index (κ2) is 7.64. The third kappa shape index (κ3) is 3.65. The smallest absolute Gasteiger partial charge is 0.256 e. The summed E-state index contributed by atoms with van der Waals surface area (Å²) in [5.74, 6) is -0.117. The van der Waals surface area contributed by atoms with Crippen LogP contribution < -0.4 is 10.6 Å². The number of nitrogens with zero attached hydrogens (tertiary/aromatic N) is 3. The summed E-state index contributed by atoms with van der Waals surface area (Å²) in [7, 11) is 1.77. The lowest BCUT2D eigenvalue weighted by molar-refractivity contribution is -0.114. The number of carbonyl (C=O) groups is 2. The number of pyridine rings is 1. The van der Waals surface area contributed by atoms with Crippen LogP contribution in [0.3, 0.4) is 0 Å². The van der Waals surface area contributed by atoms with Gasteiger partial charge >= 0.3 is 0 Å². The highest BCUT2D eigenvalue weighted by atomic mass is 35.5. The number of nitrogens with one attached hydrogen (secondary N) is 2. The average molecular weight is 424 g/mol. The second-order valence-corrected chi connectivity index (χ2v) is 7.20. The molecule has 1 aromatic carbocycles. The van der Waals surface area contributed by atoms with Gasteiger partial charge in [-0.05, 0) is 43.3 Å². The average Bonchev–Trinajstić information content (AvgIpc) is 3.32. The quantitative estimate of drug-likeness (QED) is 0.506. The molecule has 30 heavy (non-hydrogen) atoms. The summed E-state index contributed by atoms with van der Waals surface area (Å²) in [4.78, 5) is 29.4. The molecule has 0 spiro atoms. The number of amides is 2. The SMILES string of the molecule is CC(=O)Nc1ccc(Cl)cc1NC(=O)c1cc(-c2ccco2)nc2c1c(C)nn2C. The number of aryl methyl sites for hydroxylation is 2. The molecular formula is C21H18ClN5O3. The second-order valence-electron chi connectivity index (χ2n) is 6.77. The van der Waals surface area contributed by atoms with Crippen molar-refractivity contribution in [2.24, 2.45) is 7.05 Å². The zero-order valence-corrected chi connectivity index (χ0v) is 17.2. The van der Waals surface area contributed by atoms with Gasteiger partial charge in [0.05, 0.1) is 34.3 Å².